The fourth-order valence-electron chi connectivity index (χ4n) is 3.38. The molecule has 1 aliphatic rings. The van der Waals surface area contributed by atoms with Gasteiger partial charge in [0, 0.05) is 37.7 Å². The van der Waals surface area contributed by atoms with E-state index in [0.717, 1.165) is 23.1 Å². The number of allylic oxidation sites excluding steroid dienone is 1. The summed E-state index contributed by atoms with van der Waals surface area (Å²) in [6.45, 7) is 4.70. The van der Waals surface area contributed by atoms with Gasteiger partial charge >= 0.3 is 0 Å². The Kier molecular flexibility index (Phi) is 5.29. The van der Waals surface area contributed by atoms with Crippen molar-refractivity contribution in [1.29, 1.82) is 0 Å². The Bertz CT molecular complexity index is 770. The van der Waals surface area contributed by atoms with Crippen molar-refractivity contribution in [1.82, 2.24) is 9.88 Å². The molecule has 2 heterocycles. The van der Waals surface area contributed by atoms with Crippen LogP contribution in [0.1, 0.15) is 36.1 Å². The molecule has 2 aromatic rings. The van der Waals surface area contributed by atoms with Crippen LogP contribution in [0.5, 0.6) is 0 Å². The second-order valence-corrected chi connectivity index (χ2v) is 6.53. The second-order valence-electron chi connectivity index (χ2n) is 6.53. The van der Waals surface area contributed by atoms with Crippen molar-refractivity contribution in [3.05, 3.63) is 71.6 Å². The zero-order valence-corrected chi connectivity index (χ0v) is 15.0. The first kappa shape index (κ1) is 17.4. The number of nitrogens with zero attached hydrogens (tertiary/aromatic N) is 2. The largest absolute Gasteiger partial charge is 0.371 e. The normalized spacial score (nSPS) is 20.5. The number of hydrogen-bond donors (Lipinski definition) is 0. The van der Waals surface area contributed by atoms with Crippen LogP contribution in [0.3, 0.4) is 0 Å². The number of rotatable bonds is 4. The predicted octanol–water partition coefficient (Wildman–Crippen LogP) is 3.78. The molecular weight excluding hydrogens is 312 g/mol. The molecule has 4 nitrogen and oxygen atoms in total. The first-order chi connectivity index (χ1) is 12.1. The van der Waals surface area contributed by atoms with E-state index in [2.05, 4.69) is 18.0 Å². The number of aryl methyl sites for hydroxylation is 1. The van der Waals surface area contributed by atoms with Gasteiger partial charge in [-0.1, -0.05) is 30.3 Å². The smallest absolute Gasteiger partial charge is 0.246 e. The molecule has 0 radical (unpaired) electrons. The molecule has 0 N–H and O–H groups in total. The number of carbonyl (C=O) groups excluding carboxylic acids is 1. The van der Waals surface area contributed by atoms with E-state index in [1.807, 2.05) is 50.5 Å². The maximum absolute atomic E-state index is 12.8. The van der Waals surface area contributed by atoms with Gasteiger partial charge in [-0.05, 0) is 43.0 Å². The van der Waals surface area contributed by atoms with E-state index in [-0.39, 0.29) is 18.1 Å². The standard InChI is InChI=1S/C21H24N2O2/c1-15-7-4-5-9-18(15)16(2)13-20(24)23(3)19-10-12-25-21(19)17-8-6-11-22-14-17/h4-9,11,13-14,19,21H,10,12H2,1-3H3/b16-13+/t19-,21+/m0/s1. The van der Waals surface area contributed by atoms with E-state index in [9.17, 15) is 4.79 Å². The van der Waals surface area contributed by atoms with Crippen molar-refractivity contribution in [2.24, 2.45) is 0 Å². The monoisotopic (exact) mass is 336 g/mol. The van der Waals surface area contributed by atoms with Crippen molar-refractivity contribution >= 4 is 11.5 Å². The lowest BCUT2D eigenvalue weighted by atomic mass is 10.0. The summed E-state index contributed by atoms with van der Waals surface area (Å²) in [6, 6.07) is 12.0. The molecule has 3 rings (SSSR count). The molecule has 1 amide bonds. The number of likely N-dealkylation sites (N-methyl/N-ethyl adjacent to an activating group) is 1. The minimum Gasteiger partial charge on any atom is -0.371 e. The summed E-state index contributed by atoms with van der Waals surface area (Å²) in [5.74, 6) is 0.00476. The molecule has 25 heavy (non-hydrogen) atoms. The lowest BCUT2D eigenvalue weighted by Gasteiger charge is -2.28. The van der Waals surface area contributed by atoms with Crippen molar-refractivity contribution in [3.8, 4) is 0 Å². The first-order valence-corrected chi connectivity index (χ1v) is 8.60. The van der Waals surface area contributed by atoms with Crippen LogP contribution < -0.4 is 0 Å². The van der Waals surface area contributed by atoms with E-state index in [1.54, 1.807) is 17.2 Å². The summed E-state index contributed by atoms with van der Waals surface area (Å²) in [5.41, 5.74) is 4.27. The lowest BCUT2D eigenvalue weighted by molar-refractivity contribution is -0.127. The predicted molar refractivity (Wildman–Crippen MR) is 98.9 cm³/mol. The van der Waals surface area contributed by atoms with Crippen molar-refractivity contribution in [2.75, 3.05) is 13.7 Å². The molecule has 1 aromatic carbocycles. The van der Waals surface area contributed by atoms with Gasteiger partial charge in [-0.15, -0.1) is 0 Å². The SMILES string of the molecule is C/C(=C\C(=O)N(C)[C@H]1CCO[C@@H]1c1cccnc1)c1ccccc1C. The van der Waals surface area contributed by atoms with E-state index in [0.29, 0.717) is 6.61 Å². The van der Waals surface area contributed by atoms with Crippen LogP contribution in [-0.4, -0.2) is 35.5 Å². The van der Waals surface area contributed by atoms with Gasteiger partial charge in [0.05, 0.1) is 6.04 Å². The van der Waals surface area contributed by atoms with Crippen molar-refractivity contribution in [3.63, 3.8) is 0 Å². The molecule has 0 saturated carbocycles. The Balaban J connectivity index is 1.78. The molecule has 0 aliphatic carbocycles. The van der Waals surface area contributed by atoms with Crippen LogP contribution in [0.25, 0.3) is 5.57 Å². The van der Waals surface area contributed by atoms with Gasteiger partial charge in [-0.2, -0.15) is 0 Å². The highest BCUT2D eigenvalue weighted by atomic mass is 16.5. The minimum absolute atomic E-state index is 0.00476. The zero-order valence-electron chi connectivity index (χ0n) is 15.0. The highest BCUT2D eigenvalue weighted by molar-refractivity contribution is 5.95. The van der Waals surface area contributed by atoms with Gasteiger partial charge in [0.25, 0.3) is 0 Å². The van der Waals surface area contributed by atoms with Crippen LogP contribution in [-0.2, 0) is 9.53 Å². The van der Waals surface area contributed by atoms with E-state index in [1.165, 1.54) is 5.56 Å². The third kappa shape index (κ3) is 3.80. The number of carbonyl (C=O) groups is 1. The van der Waals surface area contributed by atoms with Gasteiger partial charge in [-0.3, -0.25) is 9.78 Å². The summed E-state index contributed by atoms with van der Waals surface area (Å²) in [7, 11) is 1.85. The van der Waals surface area contributed by atoms with Crippen LogP contribution in [0.15, 0.2) is 54.9 Å². The topological polar surface area (TPSA) is 42.4 Å². The quantitative estimate of drug-likeness (QED) is 0.798. The molecule has 0 spiro atoms. The number of ether oxygens (including phenoxy) is 1. The Hall–Kier alpha value is -2.46. The summed E-state index contributed by atoms with van der Waals surface area (Å²) < 4.78 is 5.88. The molecule has 0 unspecified atom stereocenters. The summed E-state index contributed by atoms with van der Waals surface area (Å²) >= 11 is 0. The van der Waals surface area contributed by atoms with Gasteiger partial charge in [0.2, 0.25) is 5.91 Å². The number of amides is 1. The maximum Gasteiger partial charge on any atom is 0.246 e. The van der Waals surface area contributed by atoms with Crippen LogP contribution in [0, 0.1) is 6.92 Å². The number of pyridine rings is 1. The van der Waals surface area contributed by atoms with E-state index >= 15 is 0 Å². The minimum atomic E-state index is -0.116. The Morgan fingerprint density at radius 1 is 1.28 bits per heavy atom. The number of hydrogen-bond acceptors (Lipinski definition) is 3. The van der Waals surface area contributed by atoms with Gasteiger partial charge in [0.15, 0.2) is 0 Å². The summed E-state index contributed by atoms with van der Waals surface area (Å²) in [4.78, 5) is 18.7. The van der Waals surface area contributed by atoms with Crippen LogP contribution in [0.4, 0.5) is 0 Å². The molecule has 1 aromatic heterocycles. The van der Waals surface area contributed by atoms with Crippen molar-refractivity contribution in [2.45, 2.75) is 32.4 Å². The number of benzene rings is 1. The Labute approximate surface area is 149 Å². The zero-order chi connectivity index (χ0) is 17.8. The molecule has 4 heteroatoms. The summed E-state index contributed by atoms with van der Waals surface area (Å²) in [5, 5.41) is 0. The lowest BCUT2D eigenvalue weighted by Crippen LogP contribution is -2.38. The number of aromatic nitrogens is 1. The molecule has 1 saturated heterocycles. The molecular formula is C21H24N2O2. The molecule has 2 atom stereocenters. The third-order valence-corrected chi connectivity index (χ3v) is 4.83. The van der Waals surface area contributed by atoms with E-state index < -0.39 is 0 Å². The average Bonchev–Trinajstić information content (AvgIpc) is 3.11. The van der Waals surface area contributed by atoms with Gasteiger partial charge in [-0.25, -0.2) is 0 Å². The molecule has 130 valence electrons. The Morgan fingerprint density at radius 3 is 2.80 bits per heavy atom. The fourth-order valence-corrected chi connectivity index (χ4v) is 3.38. The molecule has 0 bridgehead atoms. The highest BCUT2D eigenvalue weighted by Gasteiger charge is 2.34. The highest BCUT2D eigenvalue weighted by Crippen LogP contribution is 2.32. The maximum atomic E-state index is 12.8. The Morgan fingerprint density at radius 2 is 2.08 bits per heavy atom. The van der Waals surface area contributed by atoms with Crippen molar-refractivity contribution < 1.29 is 9.53 Å². The second kappa shape index (κ2) is 7.62. The average molecular weight is 336 g/mol. The van der Waals surface area contributed by atoms with Gasteiger partial charge < -0.3 is 9.64 Å². The third-order valence-electron chi connectivity index (χ3n) is 4.83. The first-order valence-electron chi connectivity index (χ1n) is 8.60. The van der Waals surface area contributed by atoms with E-state index in [4.69, 9.17) is 4.74 Å². The van der Waals surface area contributed by atoms with Crippen LogP contribution in [0.2, 0.25) is 0 Å². The van der Waals surface area contributed by atoms with Crippen LogP contribution >= 0.6 is 0 Å². The fraction of sp³-hybridized carbons (Fsp3) is 0.333. The molecule has 1 fully saturated rings. The van der Waals surface area contributed by atoms with Gasteiger partial charge in [0.1, 0.15) is 6.10 Å². The molecule has 1 aliphatic heterocycles. The summed E-state index contributed by atoms with van der Waals surface area (Å²) in [6.07, 6.45) is 6.00.